The van der Waals surface area contributed by atoms with Gasteiger partial charge in [-0.25, -0.2) is 0 Å². The molecular weight excluding hydrogens is 240 g/mol. The first-order valence-corrected chi connectivity index (χ1v) is 6.55. The van der Waals surface area contributed by atoms with Crippen molar-refractivity contribution < 1.29 is 9.53 Å². The number of hydrogen-bond acceptors (Lipinski definition) is 3. The van der Waals surface area contributed by atoms with E-state index in [4.69, 9.17) is 4.74 Å². The van der Waals surface area contributed by atoms with Crippen LogP contribution < -0.4 is 15.4 Å². The fraction of sp³-hybridized carbons (Fsp3) is 0.533. The Morgan fingerprint density at radius 2 is 1.89 bits per heavy atom. The minimum absolute atomic E-state index is 0.0298. The standard InChI is InChI=1S/C15H24N2O2/c1-15(2,17-14(18)11-16-3)10-9-12-5-7-13(19-4)8-6-12/h5-8,16H,9-11H2,1-4H3,(H,17,18). The van der Waals surface area contributed by atoms with E-state index in [9.17, 15) is 4.79 Å². The lowest BCUT2D eigenvalue weighted by molar-refractivity contribution is -0.121. The van der Waals surface area contributed by atoms with Crippen molar-refractivity contribution in [2.75, 3.05) is 20.7 Å². The molecule has 0 atom stereocenters. The molecule has 0 bridgehead atoms. The van der Waals surface area contributed by atoms with Crippen molar-refractivity contribution in [3.63, 3.8) is 0 Å². The minimum Gasteiger partial charge on any atom is -0.497 e. The van der Waals surface area contributed by atoms with Crippen molar-refractivity contribution in [3.05, 3.63) is 29.8 Å². The van der Waals surface area contributed by atoms with Crippen LogP contribution in [0.15, 0.2) is 24.3 Å². The molecule has 1 aromatic carbocycles. The second-order valence-corrected chi connectivity index (χ2v) is 5.31. The van der Waals surface area contributed by atoms with Gasteiger partial charge in [-0.1, -0.05) is 12.1 Å². The molecule has 0 saturated carbocycles. The molecule has 4 heteroatoms. The molecule has 1 amide bonds. The number of methoxy groups -OCH3 is 1. The molecule has 4 nitrogen and oxygen atoms in total. The molecule has 0 fully saturated rings. The molecule has 0 aliphatic rings. The largest absolute Gasteiger partial charge is 0.497 e. The summed E-state index contributed by atoms with van der Waals surface area (Å²) in [7, 11) is 3.43. The van der Waals surface area contributed by atoms with E-state index < -0.39 is 0 Å². The molecular formula is C15H24N2O2. The molecule has 0 aromatic heterocycles. The Kier molecular flexibility index (Phi) is 5.83. The maximum atomic E-state index is 11.6. The van der Waals surface area contributed by atoms with Gasteiger partial charge in [-0.05, 0) is 51.4 Å². The van der Waals surface area contributed by atoms with E-state index >= 15 is 0 Å². The van der Waals surface area contributed by atoms with Gasteiger partial charge in [-0.3, -0.25) is 4.79 Å². The van der Waals surface area contributed by atoms with Gasteiger partial charge in [0.05, 0.1) is 13.7 Å². The van der Waals surface area contributed by atoms with Crippen LogP contribution in [0.3, 0.4) is 0 Å². The van der Waals surface area contributed by atoms with Gasteiger partial charge in [0.25, 0.3) is 0 Å². The lowest BCUT2D eigenvalue weighted by atomic mass is 9.95. The predicted octanol–water partition coefficient (Wildman–Crippen LogP) is 1.74. The molecule has 0 aliphatic carbocycles. The molecule has 1 aromatic rings. The maximum Gasteiger partial charge on any atom is 0.234 e. The van der Waals surface area contributed by atoms with E-state index in [0.717, 1.165) is 18.6 Å². The van der Waals surface area contributed by atoms with Gasteiger partial charge in [0.1, 0.15) is 5.75 Å². The van der Waals surface area contributed by atoms with E-state index in [0.29, 0.717) is 6.54 Å². The normalized spacial score (nSPS) is 11.2. The quantitative estimate of drug-likeness (QED) is 0.788. The highest BCUT2D eigenvalue weighted by molar-refractivity contribution is 5.78. The highest BCUT2D eigenvalue weighted by Gasteiger charge is 2.19. The SMILES string of the molecule is CNCC(=O)NC(C)(C)CCc1ccc(OC)cc1. The van der Waals surface area contributed by atoms with E-state index in [1.54, 1.807) is 14.2 Å². The summed E-state index contributed by atoms with van der Waals surface area (Å²) in [6.45, 7) is 4.44. The smallest absolute Gasteiger partial charge is 0.234 e. The van der Waals surface area contributed by atoms with Gasteiger partial charge >= 0.3 is 0 Å². The Morgan fingerprint density at radius 3 is 2.42 bits per heavy atom. The summed E-state index contributed by atoms with van der Waals surface area (Å²) < 4.78 is 5.13. The molecule has 0 spiro atoms. The van der Waals surface area contributed by atoms with Crippen LogP contribution in [0.25, 0.3) is 0 Å². The van der Waals surface area contributed by atoms with Gasteiger partial charge in [0.15, 0.2) is 0 Å². The Bertz CT molecular complexity index is 399. The topological polar surface area (TPSA) is 50.4 Å². The second-order valence-electron chi connectivity index (χ2n) is 5.31. The highest BCUT2D eigenvalue weighted by atomic mass is 16.5. The Balaban J connectivity index is 2.47. The van der Waals surface area contributed by atoms with Crippen LogP contribution in [-0.2, 0) is 11.2 Å². The summed E-state index contributed by atoms with van der Waals surface area (Å²) in [5.41, 5.74) is 1.05. The Morgan fingerprint density at radius 1 is 1.26 bits per heavy atom. The lowest BCUT2D eigenvalue weighted by Crippen LogP contribution is -2.46. The molecule has 106 valence electrons. The number of benzene rings is 1. The van der Waals surface area contributed by atoms with Crippen LogP contribution in [0.4, 0.5) is 0 Å². The van der Waals surface area contributed by atoms with Gasteiger partial charge in [0, 0.05) is 5.54 Å². The number of likely N-dealkylation sites (N-methyl/N-ethyl adjacent to an activating group) is 1. The van der Waals surface area contributed by atoms with Gasteiger partial charge in [0.2, 0.25) is 5.91 Å². The molecule has 1 rings (SSSR count). The molecule has 19 heavy (non-hydrogen) atoms. The number of carbonyl (C=O) groups excluding carboxylic acids is 1. The number of hydrogen-bond donors (Lipinski definition) is 2. The Hall–Kier alpha value is -1.55. The fourth-order valence-corrected chi connectivity index (χ4v) is 1.89. The van der Waals surface area contributed by atoms with Crippen LogP contribution in [0.5, 0.6) is 5.75 Å². The first kappa shape index (κ1) is 15.5. The lowest BCUT2D eigenvalue weighted by Gasteiger charge is -2.26. The predicted molar refractivity (Wildman–Crippen MR) is 77.5 cm³/mol. The summed E-state index contributed by atoms with van der Waals surface area (Å²) in [5.74, 6) is 0.896. The van der Waals surface area contributed by atoms with E-state index in [-0.39, 0.29) is 11.4 Å². The molecule has 0 heterocycles. The second kappa shape index (κ2) is 7.14. The summed E-state index contributed by atoms with van der Waals surface area (Å²) in [4.78, 5) is 11.6. The number of carbonyl (C=O) groups is 1. The summed E-state index contributed by atoms with van der Waals surface area (Å²) in [6, 6.07) is 8.04. The zero-order valence-corrected chi connectivity index (χ0v) is 12.2. The monoisotopic (exact) mass is 264 g/mol. The highest BCUT2D eigenvalue weighted by Crippen LogP contribution is 2.16. The van der Waals surface area contributed by atoms with Crippen molar-refractivity contribution in [2.24, 2.45) is 0 Å². The zero-order chi connectivity index (χ0) is 14.3. The van der Waals surface area contributed by atoms with Gasteiger partial charge in [-0.15, -0.1) is 0 Å². The molecule has 0 radical (unpaired) electrons. The van der Waals surface area contributed by atoms with Gasteiger partial charge in [-0.2, -0.15) is 0 Å². The van der Waals surface area contributed by atoms with Crippen LogP contribution in [0.2, 0.25) is 0 Å². The zero-order valence-electron chi connectivity index (χ0n) is 12.2. The van der Waals surface area contributed by atoms with Gasteiger partial charge < -0.3 is 15.4 Å². The molecule has 0 aliphatic heterocycles. The first-order chi connectivity index (χ1) is 8.96. The summed E-state index contributed by atoms with van der Waals surface area (Å²) in [6.07, 6.45) is 1.83. The van der Waals surface area contributed by atoms with Crippen LogP contribution >= 0.6 is 0 Å². The van der Waals surface area contributed by atoms with Crippen molar-refractivity contribution >= 4 is 5.91 Å². The first-order valence-electron chi connectivity index (χ1n) is 6.55. The van der Waals surface area contributed by atoms with E-state index in [2.05, 4.69) is 22.8 Å². The number of aryl methyl sites for hydroxylation is 1. The molecule has 0 saturated heterocycles. The number of ether oxygens (including phenoxy) is 1. The number of rotatable bonds is 7. The third-order valence-corrected chi connectivity index (χ3v) is 3.01. The summed E-state index contributed by atoms with van der Waals surface area (Å²) in [5, 5.41) is 5.87. The third-order valence-electron chi connectivity index (χ3n) is 3.01. The van der Waals surface area contributed by atoms with Crippen molar-refractivity contribution in [1.29, 1.82) is 0 Å². The van der Waals surface area contributed by atoms with E-state index in [1.807, 2.05) is 26.0 Å². The average Bonchev–Trinajstić information content (AvgIpc) is 2.37. The number of nitrogens with one attached hydrogen (secondary N) is 2. The fourth-order valence-electron chi connectivity index (χ4n) is 1.89. The van der Waals surface area contributed by atoms with Crippen LogP contribution in [-0.4, -0.2) is 32.1 Å². The number of amides is 1. The minimum atomic E-state index is -0.201. The van der Waals surface area contributed by atoms with Crippen LogP contribution in [0.1, 0.15) is 25.8 Å². The maximum absolute atomic E-state index is 11.6. The van der Waals surface area contributed by atoms with Crippen LogP contribution in [0, 0.1) is 0 Å². The summed E-state index contributed by atoms with van der Waals surface area (Å²) >= 11 is 0. The molecule has 2 N–H and O–H groups in total. The van der Waals surface area contributed by atoms with Crippen molar-refractivity contribution in [2.45, 2.75) is 32.2 Å². The van der Waals surface area contributed by atoms with E-state index in [1.165, 1.54) is 5.56 Å². The third kappa shape index (κ3) is 5.75. The van der Waals surface area contributed by atoms with Crippen molar-refractivity contribution in [1.82, 2.24) is 10.6 Å². The Labute approximate surface area is 115 Å². The average molecular weight is 264 g/mol. The van der Waals surface area contributed by atoms with Crippen molar-refractivity contribution in [3.8, 4) is 5.75 Å². The molecule has 0 unspecified atom stereocenters.